The summed E-state index contributed by atoms with van der Waals surface area (Å²) < 4.78 is 7.60. The van der Waals surface area contributed by atoms with Crippen molar-refractivity contribution in [2.24, 2.45) is 0 Å². The molecule has 0 bridgehead atoms. The molecule has 2 fully saturated rings. The van der Waals surface area contributed by atoms with Crippen molar-refractivity contribution in [1.29, 1.82) is 0 Å². The maximum Gasteiger partial charge on any atom is 0.224 e. The highest BCUT2D eigenvalue weighted by Crippen LogP contribution is 2.36. The van der Waals surface area contributed by atoms with Crippen LogP contribution in [0.2, 0.25) is 0 Å². The van der Waals surface area contributed by atoms with Gasteiger partial charge in [-0.3, -0.25) is 0 Å². The Morgan fingerprint density at radius 3 is 2.87 bits per heavy atom. The third-order valence-electron chi connectivity index (χ3n) is 4.23. The maximum atomic E-state index is 5.38. The summed E-state index contributed by atoms with van der Waals surface area (Å²) in [6.07, 6.45) is 4.22. The minimum Gasteiger partial charge on any atom is -0.378 e. The van der Waals surface area contributed by atoms with E-state index in [-0.39, 0.29) is 0 Å². The van der Waals surface area contributed by atoms with Gasteiger partial charge in [-0.05, 0) is 25.8 Å². The van der Waals surface area contributed by atoms with Crippen LogP contribution in [0.5, 0.6) is 0 Å². The molecule has 122 valence electrons. The van der Waals surface area contributed by atoms with Gasteiger partial charge in [0.2, 0.25) is 5.95 Å². The van der Waals surface area contributed by atoms with Gasteiger partial charge in [0.15, 0.2) is 5.82 Å². The van der Waals surface area contributed by atoms with Crippen molar-refractivity contribution < 1.29 is 4.74 Å². The molecule has 4 rings (SSSR count). The number of aromatic nitrogens is 5. The largest absolute Gasteiger partial charge is 0.378 e. The fraction of sp³-hybridized carbons (Fsp3) is 0.600. The van der Waals surface area contributed by atoms with Crippen LogP contribution in [-0.4, -0.2) is 51.0 Å². The van der Waals surface area contributed by atoms with Gasteiger partial charge in [-0.1, -0.05) is 0 Å². The molecule has 0 aromatic carbocycles. The van der Waals surface area contributed by atoms with E-state index >= 15 is 0 Å². The van der Waals surface area contributed by atoms with Crippen LogP contribution in [-0.2, 0) is 11.3 Å². The zero-order chi connectivity index (χ0) is 15.6. The zero-order valence-electron chi connectivity index (χ0n) is 13.3. The summed E-state index contributed by atoms with van der Waals surface area (Å²) in [6.45, 7) is 5.82. The molecule has 1 aliphatic heterocycles. The van der Waals surface area contributed by atoms with Crippen LogP contribution < -0.4 is 10.2 Å². The topological polar surface area (TPSA) is 81.0 Å². The van der Waals surface area contributed by atoms with E-state index in [0.29, 0.717) is 18.5 Å². The number of nitrogens with one attached hydrogen (secondary N) is 1. The summed E-state index contributed by atoms with van der Waals surface area (Å²) in [5, 5.41) is 11.7. The van der Waals surface area contributed by atoms with Gasteiger partial charge in [-0.15, -0.1) is 10.2 Å². The molecule has 1 N–H and O–H groups in total. The number of aryl methyl sites for hydroxylation is 1. The van der Waals surface area contributed by atoms with Crippen LogP contribution in [0.25, 0.3) is 0 Å². The number of hydrogen-bond donors (Lipinski definition) is 1. The van der Waals surface area contributed by atoms with Gasteiger partial charge in [0.1, 0.15) is 11.6 Å². The molecule has 3 heterocycles. The van der Waals surface area contributed by atoms with Gasteiger partial charge in [0, 0.05) is 25.3 Å². The molecule has 1 saturated carbocycles. The van der Waals surface area contributed by atoms with Gasteiger partial charge in [-0.25, -0.2) is 4.98 Å². The number of anilines is 2. The molecular formula is C15H21N7O. The predicted octanol–water partition coefficient (Wildman–Crippen LogP) is 1.16. The lowest BCUT2D eigenvalue weighted by Crippen LogP contribution is -2.36. The first-order chi connectivity index (χ1) is 11.3. The van der Waals surface area contributed by atoms with E-state index < -0.39 is 0 Å². The first kappa shape index (κ1) is 14.4. The van der Waals surface area contributed by atoms with E-state index in [4.69, 9.17) is 4.74 Å². The fourth-order valence-corrected chi connectivity index (χ4v) is 2.90. The lowest BCUT2D eigenvalue weighted by atomic mass is 10.4. The second-order valence-electron chi connectivity index (χ2n) is 5.96. The lowest BCUT2D eigenvalue weighted by molar-refractivity contribution is 0.122. The molecule has 0 radical (unpaired) electrons. The van der Waals surface area contributed by atoms with Crippen LogP contribution in [0.4, 0.5) is 11.8 Å². The first-order valence-electron chi connectivity index (χ1n) is 8.11. The van der Waals surface area contributed by atoms with E-state index in [1.165, 1.54) is 12.8 Å². The second-order valence-corrected chi connectivity index (χ2v) is 5.96. The number of nitrogens with zero attached hydrogens (tertiary/aromatic N) is 6. The van der Waals surface area contributed by atoms with Crippen molar-refractivity contribution in [2.75, 3.05) is 36.5 Å². The Hall–Kier alpha value is -2.22. The zero-order valence-corrected chi connectivity index (χ0v) is 13.3. The van der Waals surface area contributed by atoms with Crippen molar-refractivity contribution in [3.63, 3.8) is 0 Å². The maximum absolute atomic E-state index is 5.38. The summed E-state index contributed by atoms with van der Waals surface area (Å²) in [5.41, 5.74) is 0. The van der Waals surface area contributed by atoms with E-state index in [1.807, 2.05) is 13.0 Å². The summed E-state index contributed by atoms with van der Waals surface area (Å²) in [7, 11) is 0. The first-order valence-corrected chi connectivity index (χ1v) is 8.11. The van der Waals surface area contributed by atoms with Crippen LogP contribution >= 0.6 is 0 Å². The highest BCUT2D eigenvalue weighted by Gasteiger charge is 2.28. The Bertz CT molecular complexity index is 676. The second kappa shape index (κ2) is 6.11. The summed E-state index contributed by atoms with van der Waals surface area (Å²) >= 11 is 0. The lowest BCUT2D eigenvalue weighted by Gasteiger charge is -2.27. The molecule has 2 aromatic rings. The molecule has 8 heteroatoms. The Morgan fingerprint density at radius 2 is 2.09 bits per heavy atom. The van der Waals surface area contributed by atoms with Gasteiger partial charge in [-0.2, -0.15) is 4.98 Å². The fourth-order valence-electron chi connectivity index (χ4n) is 2.90. The Balaban J connectivity index is 1.45. The molecule has 0 amide bonds. The minimum atomic E-state index is 0.572. The molecule has 0 atom stereocenters. The van der Waals surface area contributed by atoms with Crippen molar-refractivity contribution >= 4 is 11.8 Å². The quantitative estimate of drug-likeness (QED) is 0.886. The molecule has 23 heavy (non-hydrogen) atoms. The van der Waals surface area contributed by atoms with Crippen molar-refractivity contribution in [3.8, 4) is 0 Å². The van der Waals surface area contributed by atoms with Gasteiger partial charge >= 0.3 is 0 Å². The van der Waals surface area contributed by atoms with Gasteiger partial charge < -0.3 is 19.5 Å². The third-order valence-corrected chi connectivity index (χ3v) is 4.23. The smallest absolute Gasteiger partial charge is 0.224 e. The minimum absolute atomic E-state index is 0.572. The highest BCUT2D eigenvalue weighted by molar-refractivity contribution is 5.42. The van der Waals surface area contributed by atoms with Gasteiger partial charge in [0.25, 0.3) is 0 Å². The highest BCUT2D eigenvalue weighted by atomic mass is 16.5. The summed E-state index contributed by atoms with van der Waals surface area (Å²) in [4.78, 5) is 11.1. The molecule has 2 aromatic heterocycles. The standard InChI is InChI=1S/C15H21N7O/c1-11-19-20-14(22(11)12-2-3-12)10-17-15-16-5-4-13(18-15)21-6-8-23-9-7-21/h4-5,12H,2-3,6-10H2,1H3,(H,16,17,18). The summed E-state index contributed by atoms with van der Waals surface area (Å²) in [6, 6.07) is 2.51. The van der Waals surface area contributed by atoms with Crippen molar-refractivity contribution in [3.05, 3.63) is 23.9 Å². The molecule has 1 saturated heterocycles. The average Bonchev–Trinajstić information content (AvgIpc) is 3.37. The van der Waals surface area contributed by atoms with Crippen LogP contribution in [0.1, 0.15) is 30.5 Å². The molecule has 0 spiro atoms. The third kappa shape index (κ3) is 3.12. The Morgan fingerprint density at radius 1 is 1.26 bits per heavy atom. The summed E-state index contributed by atoms with van der Waals surface area (Å²) in [5.74, 6) is 3.49. The van der Waals surface area contributed by atoms with E-state index in [9.17, 15) is 0 Å². The Kier molecular flexibility index (Phi) is 3.82. The number of hydrogen-bond acceptors (Lipinski definition) is 7. The van der Waals surface area contributed by atoms with Gasteiger partial charge in [0.05, 0.1) is 19.8 Å². The van der Waals surface area contributed by atoms with Crippen molar-refractivity contribution in [2.45, 2.75) is 32.4 Å². The number of ether oxygens (including phenoxy) is 1. The number of rotatable bonds is 5. The number of morpholine rings is 1. The van der Waals surface area contributed by atoms with Crippen LogP contribution in [0, 0.1) is 6.92 Å². The molecule has 0 unspecified atom stereocenters. The Labute approximate surface area is 134 Å². The van der Waals surface area contributed by atoms with Crippen LogP contribution in [0.3, 0.4) is 0 Å². The SMILES string of the molecule is Cc1nnc(CNc2nccc(N3CCOCC3)n2)n1C1CC1. The molecular weight excluding hydrogens is 294 g/mol. The molecule has 1 aliphatic carbocycles. The van der Waals surface area contributed by atoms with E-state index in [1.54, 1.807) is 6.20 Å². The average molecular weight is 315 g/mol. The van der Waals surface area contributed by atoms with Crippen LogP contribution in [0.15, 0.2) is 12.3 Å². The molecule has 2 aliphatic rings. The van der Waals surface area contributed by atoms with E-state index in [0.717, 1.165) is 43.8 Å². The van der Waals surface area contributed by atoms with E-state index in [2.05, 4.69) is 34.9 Å². The predicted molar refractivity (Wildman–Crippen MR) is 85.4 cm³/mol. The van der Waals surface area contributed by atoms with Crippen molar-refractivity contribution in [1.82, 2.24) is 24.7 Å². The monoisotopic (exact) mass is 315 g/mol. The normalized spacial score (nSPS) is 18.2. The molecule has 8 nitrogen and oxygen atoms in total.